The maximum absolute atomic E-state index is 13.6. The summed E-state index contributed by atoms with van der Waals surface area (Å²) in [5.41, 5.74) is -0.472. The average molecular weight is 441 g/mol. The summed E-state index contributed by atoms with van der Waals surface area (Å²) in [5, 5.41) is 6.52. The molecule has 3 rings (SSSR count). The molecule has 1 N–H and O–H groups in total. The first-order valence-electron chi connectivity index (χ1n) is 8.24. The number of rotatable bonds is 4. The van der Waals surface area contributed by atoms with E-state index in [1.54, 1.807) is 31.2 Å². The van der Waals surface area contributed by atoms with E-state index in [2.05, 4.69) is 31.3 Å². The third kappa shape index (κ3) is 4.13. The summed E-state index contributed by atoms with van der Waals surface area (Å²) in [7, 11) is 0. The Morgan fingerprint density at radius 2 is 1.93 bits per heavy atom. The number of nitrogens with one attached hydrogen (secondary N) is 1. The lowest BCUT2D eigenvalue weighted by Gasteiger charge is -2.11. The van der Waals surface area contributed by atoms with Gasteiger partial charge in [0.15, 0.2) is 17.0 Å². The first-order chi connectivity index (χ1) is 12.7. The van der Waals surface area contributed by atoms with E-state index in [0.717, 1.165) is 10.5 Å². The van der Waals surface area contributed by atoms with Crippen molar-refractivity contribution >= 4 is 27.5 Å². The first-order valence-corrected chi connectivity index (χ1v) is 9.03. The van der Waals surface area contributed by atoms with Crippen LogP contribution in [0.3, 0.4) is 0 Å². The summed E-state index contributed by atoms with van der Waals surface area (Å²) in [5.74, 6) is -0.534. The van der Waals surface area contributed by atoms with Gasteiger partial charge in [0.2, 0.25) is 0 Å². The maximum Gasteiger partial charge on any atom is 0.433 e. The number of halogens is 4. The van der Waals surface area contributed by atoms with Gasteiger partial charge in [-0.2, -0.15) is 18.3 Å². The number of hydrogen-bond acceptors (Lipinski definition) is 3. The highest BCUT2D eigenvalue weighted by molar-refractivity contribution is 9.10. The van der Waals surface area contributed by atoms with E-state index in [9.17, 15) is 18.0 Å². The van der Waals surface area contributed by atoms with Crippen molar-refractivity contribution in [2.45, 2.75) is 32.5 Å². The van der Waals surface area contributed by atoms with Crippen molar-refractivity contribution in [2.75, 3.05) is 0 Å². The van der Waals surface area contributed by atoms with Gasteiger partial charge in [0.05, 0.1) is 5.69 Å². The van der Waals surface area contributed by atoms with Gasteiger partial charge in [0, 0.05) is 22.1 Å². The van der Waals surface area contributed by atoms with Crippen molar-refractivity contribution < 1.29 is 18.0 Å². The molecule has 0 aliphatic carbocycles. The van der Waals surface area contributed by atoms with Crippen LogP contribution in [0.25, 0.3) is 16.9 Å². The quantitative estimate of drug-likeness (QED) is 0.639. The monoisotopic (exact) mass is 440 g/mol. The van der Waals surface area contributed by atoms with Gasteiger partial charge < -0.3 is 5.32 Å². The number of carbonyl (C=O) groups is 1. The van der Waals surface area contributed by atoms with E-state index in [-0.39, 0.29) is 23.1 Å². The van der Waals surface area contributed by atoms with Crippen LogP contribution in [-0.4, -0.2) is 26.5 Å². The van der Waals surface area contributed by atoms with Crippen LogP contribution < -0.4 is 5.32 Å². The third-order valence-electron chi connectivity index (χ3n) is 4.08. The van der Waals surface area contributed by atoms with Crippen molar-refractivity contribution in [1.29, 1.82) is 0 Å². The van der Waals surface area contributed by atoms with Gasteiger partial charge in [-0.15, -0.1) is 0 Å². The Balaban J connectivity index is 2.13. The number of hydrogen-bond donors (Lipinski definition) is 1. The molecule has 0 aliphatic heterocycles. The molecule has 1 aromatic carbocycles. The molecule has 27 heavy (non-hydrogen) atoms. The Morgan fingerprint density at radius 1 is 1.26 bits per heavy atom. The molecule has 0 bridgehead atoms. The molecular weight excluding hydrogens is 425 g/mol. The molecular formula is C18H16BrF3N4O. The topological polar surface area (TPSA) is 59.3 Å². The maximum atomic E-state index is 13.6. The van der Waals surface area contributed by atoms with Crippen LogP contribution >= 0.6 is 15.9 Å². The van der Waals surface area contributed by atoms with Crippen LogP contribution in [0.1, 0.15) is 36.5 Å². The molecule has 2 heterocycles. The Hall–Kier alpha value is -2.42. The van der Waals surface area contributed by atoms with E-state index in [1.165, 1.54) is 6.07 Å². The fourth-order valence-electron chi connectivity index (χ4n) is 2.46. The van der Waals surface area contributed by atoms with Gasteiger partial charge in [-0.3, -0.25) is 4.79 Å². The van der Waals surface area contributed by atoms with E-state index >= 15 is 0 Å². The van der Waals surface area contributed by atoms with Crippen LogP contribution in [0.2, 0.25) is 0 Å². The largest absolute Gasteiger partial charge is 0.433 e. The Labute approximate surface area is 161 Å². The second-order valence-corrected chi connectivity index (χ2v) is 7.03. The molecule has 0 saturated carbocycles. The lowest BCUT2D eigenvalue weighted by molar-refractivity contribution is -0.142. The van der Waals surface area contributed by atoms with Gasteiger partial charge in [0.1, 0.15) is 0 Å². The molecule has 0 saturated heterocycles. The van der Waals surface area contributed by atoms with Crippen LogP contribution in [0.4, 0.5) is 13.2 Å². The van der Waals surface area contributed by atoms with E-state index in [1.807, 2.05) is 6.92 Å². The fourth-order valence-corrected chi connectivity index (χ4v) is 2.72. The second-order valence-electron chi connectivity index (χ2n) is 6.11. The smallest absolute Gasteiger partial charge is 0.348 e. The van der Waals surface area contributed by atoms with Crippen molar-refractivity contribution in [1.82, 2.24) is 19.9 Å². The predicted molar refractivity (Wildman–Crippen MR) is 98.3 cm³/mol. The van der Waals surface area contributed by atoms with Crippen LogP contribution in [0.5, 0.6) is 0 Å². The molecule has 3 aromatic rings. The Morgan fingerprint density at radius 3 is 2.52 bits per heavy atom. The first kappa shape index (κ1) is 19.3. The molecule has 0 fully saturated rings. The molecule has 1 amide bonds. The van der Waals surface area contributed by atoms with E-state index < -0.39 is 17.8 Å². The average Bonchev–Trinajstić information content (AvgIpc) is 3.04. The second kappa shape index (κ2) is 7.30. The Bertz CT molecular complexity index is 983. The third-order valence-corrected chi connectivity index (χ3v) is 4.61. The van der Waals surface area contributed by atoms with Gasteiger partial charge in [-0.05, 0) is 31.5 Å². The number of benzene rings is 1. The zero-order chi connectivity index (χ0) is 19.8. The van der Waals surface area contributed by atoms with Crippen molar-refractivity contribution in [2.24, 2.45) is 0 Å². The predicted octanol–water partition coefficient (Wildman–Crippen LogP) is 4.71. The van der Waals surface area contributed by atoms with Gasteiger partial charge in [0.25, 0.3) is 5.91 Å². The lowest BCUT2D eigenvalue weighted by Crippen LogP contribution is -2.32. The fraction of sp³-hybridized carbons (Fsp3) is 0.278. The molecule has 142 valence electrons. The van der Waals surface area contributed by atoms with Crippen molar-refractivity contribution in [3.63, 3.8) is 0 Å². The number of amides is 1. The van der Waals surface area contributed by atoms with Crippen molar-refractivity contribution in [3.05, 3.63) is 52.3 Å². The molecule has 9 heteroatoms. The highest BCUT2D eigenvalue weighted by atomic mass is 79.9. The van der Waals surface area contributed by atoms with Gasteiger partial charge in [-0.1, -0.05) is 35.0 Å². The molecule has 0 spiro atoms. The van der Waals surface area contributed by atoms with Gasteiger partial charge >= 0.3 is 6.18 Å². The number of aromatic nitrogens is 3. The zero-order valence-electron chi connectivity index (χ0n) is 14.5. The van der Waals surface area contributed by atoms with Crippen LogP contribution in [0.15, 0.2) is 40.9 Å². The minimum absolute atomic E-state index is 0.0444. The molecule has 0 radical (unpaired) electrons. The minimum atomic E-state index is -4.65. The van der Waals surface area contributed by atoms with Crippen LogP contribution in [-0.2, 0) is 6.18 Å². The highest BCUT2D eigenvalue weighted by Crippen LogP contribution is 2.32. The number of carbonyl (C=O) groups excluding carboxylic acids is 1. The standard InChI is InChI=1S/C18H16BrF3N4O/c1-3-10(2)23-17(27)14-9-16-24-13(11-4-6-12(19)7-5-11)8-15(18(20,21)22)26(16)25-14/h4-10H,3H2,1-2H3,(H,23,27)/t10-/m0/s1. The summed E-state index contributed by atoms with van der Waals surface area (Å²) >= 11 is 3.29. The number of alkyl halides is 3. The van der Waals surface area contributed by atoms with Gasteiger partial charge in [-0.25, -0.2) is 9.50 Å². The minimum Gasteiger partial charge on any atom is -0.348 e. The molecule has 5 nitrogen and oxygen atoms in total. The number of fused-ring (bicyclic) bond motifs is 1. The summed E-state index contributed by atoms with van der Waals surface area (Å²) in [6.45, 7) is 3.70. The lowest BCUT2D eigenvalue weighted by atomic mass is 10.1. The SMILES string of the molecule is CC[C@H](C)NC(=O)c1cc2nc(-c3ccc(Br)cc3)cc(C(F)(F)F)n2n1. The molecule has 1 atom stereocenters. The van der Waals surface area contributed by atoms with Crippen molar-refractivity contribution in [3.8, 4) is 11.3 Å². The summed E-state index contributed by atoms with van der Waals surface area (Å²) in [4.78, 5) is 16.5. The highest BCUT2D eigenvalue weighted by Gasteiger charge is 2.35. The Kier molecular flexibility index (Phi) is 5.23. The summed E-state index contributed by atoms with van der Waals surface area (Å²) in [6, 6.07) is 8.84. The zero-order valence-corrected chi connectivity index (χ0v) is 16.1. The van der Waals surface area contributed by atoms with E-state index in [0.29, 0.717) is 16.5 Å². The molecule has 2 aromatic heterocycles. The van der Waals surface area contributed by atoms with E-state index in [4.69, 9.17) is 0 Å². The summed E-state index contributed by atoms with van der Waals surface area (Å²) < 4.78 is 42.1. The van der Waals surface area contributed by atoms with Crippen LogP contribution in [0, 0.1) is 0 Å². The molecule has 0 unspecified atom stereocenters. The molecule has 0 aliphatic rings. The number of nitrogens with zero attached hydrogens (tertiary/aromatic N) is 3. The normalized spacial score (nSPS) is 13.0. The summed E-state index contributed by atoms with van der Waals surface area (Å²) in [6.07, 6.45) is -3.96.